The van der Waals surface area contributed by atoms with E-state index in [-0.39, 0.29) is 18.3 Å². The fraction of sp³-hybridized carbons (Fsp3) is 0.261. The molecule has 3 amide bonds. The van der Waals surface area contributed by atoms with E-state index in [1.807, 2.05) is 24.3 Å². The largest absolute Gasteiger partial charge is 0.480 e. The molecule has 7 nitrogen and oxygen atoms in total. The number of nitrogens with zero attached hydrogens (tertiary/aromatic N) is 2. The number of aryl methyl sites for hydroxylation is 1. The van der Waals surface area contributed by atoms with Crippen molar-refractivity contribution in [2.45, 2.75) is 32.0 Å². The number of likely N-dealkylation sites (N-methyl/N-ethyl adjacent to an activating group) is 1. The fourth-order valence-corrected chi connectivity index (χ4v) is 4.17. The van der Waals surface area contributed by atoms with Crippen LogP contribution in [-0.2, 0) is 24.3 Å². The summed E-state index contributed by atoms with van der Waals surface area (Å²) < 4.78 is 19.1. The number of halogens is 1. The first-order chi connectivity index (χ1) is 15.5. The zero-order chi connectivity index (χ0) is 22.5. The Kier molecular flexibility index (Phi) is 6.65. The molecule has 1 aromatic heterocycles. The van der Waals surface area contributed by atoms with Gasteiger partial charge >= 0.3 is 6.03 Å². The first-order valence-electron chi connectivity index (χ1n) is 10.2. The molecule has 1 atom stereocenters. The molecule has 166 valence electrons. The SMILES string of the molecule is CN(Cc1csc(NC(=O)NCc2cccc(F)c2)n1)C(=O)C1CCc2ccccc2O1. The maximum Gasteiger partial charge on any atom is 0.321 e. The van der Waals surface area contributed by atoms with Gasteiger partial charge in [0.15, 0.2) is 11.2 Å². The van der Waals surface area contributed by atoms with Gasteiger partial charge in [0.05, 0.1) is 12.2 Å². The normalized spacial score (nSPS) is 14.8. The Morgan fingerprint density at radius 1 is 1.25 bits per heavy atom. The quantitative estimate of drug-likeness (QED) is 0.591. The minimum atomic E-state index is -0.514. The average Bonchev–Trinajstić information content (AvgIpc) is 3.23. The van der Waals surface area contributed by atoms with Crippen LogP contribution in [0.25, 0.3) is 0 Å². The number of ether oxygens (including phenoxy) is 1. The molecule has 1 aliphatic rings. The number of benzene rings is 2. The number of anilines is 1. The smallest absolute Gasteiger partial charge is 0.321 e. The van der Waals surface area contributed by atoms with Crippen LogP contribution in [0.4, 0.5) is 14.3 Å². The third-order valence-corrected chi connectivity index (χ3v) is 5.89. The van der Waals surface area contributed by atoms with Crippen molar-refractivity contribution in [1.82, 2.24) is 15.2 Å². The van der Waals surface area contributed by atoms with E-state index in [2.05, 4.69) is 15.6 Å². The van der Waals surface area contributed by atoms with Crippen molar-refractivity contribution in [2.75, 3.05) is 12.4 Å². The first kappa shape index (κ1) is 21.8. The predicted octanol–water partition coefficient (Wildman–Crippen LogP) is 3.96. The van der Waals surface area contributed by atoms with E-state index in [9.17, 15) is 14.0 Å². The lowest BCUT2D eigenvalue weighted by molar-refractivity contribution is -0.138. The van der Waals surface area contributed by atoms with Crippen molar-refractivity contribution >= 4 is 28.4 Å². The van der Waals surface area contributed by atoms with Crippen LogP contribution in [0, 0.1) is 5.82 Å². The minimum Gasteiger partial charge on any atom is -0.480 e. The van der Waals surface area contributed by atoms with E-state index in [0.29, 0.717) is 29.4 Å². The van der Waals surface area contributed by atoms with Crippen molar-refractivity contribution in [2.24, 2.45) is 0 Å². The number of fused-ring (bicyclic) bond motifs is 1. The summed E-state index contributed by atoms with van der Waals surface area (Å²) >= 11 is 1.27. The maximum absolute atomic E-state index is 13.2. The first-order valence-corrected chi connectivity index (χ1v) is 11.1. The number of rotatable bonds is 6. The van der Waals surface area contributed by atoms with Gasteiger partial charge in [-0.3, -0.25) is 10.1 Å². The van der Waals surface area contributed by atoms with Gasteiger partial charge in [0.25, 0.3) is 5.91 Å². The zero-order valence-corrected chi connectivity index (χ0v) is 18.3. The Morgan fingerprint density at radius 3 is 2.94 bits per heavy atom. The van der Waals surface area contributed by atoms with Gasteiger partial charge in [-0.25, -0.2) is 14.2 Å². The second kappa shape index (κ2) is 9.78. The summed E-state index contributed by atoms with van der Waals surface area (Å²) in [5, 5.41) is 7.53. The molecule has 2 aromatic carbocycles. The average molecular weight is 455 g/mol. The molecule has 3 aromatic rings. The summed E-state index contributed by atoms with van der Waals surface area (Å²) in [7, 11) is 1.71. The van der Waals surface area contributed by atoms with E-state index in [1.165, 1.54) is 23.5 Å². The summed E-state index contributed by atoms with van der Waals surface area (Å²) in [6.45, 7) is 0.507. The van der Waals surface area contributed by atoms with Gasteiger partial charge in [-0.1, -0.05) is 30.3 Å². The molecule has 2 heterocycles. The second-order valence-corrected chi connectivity index (χ2v) is 8.39. The number of hydrogen-bond acceptors (Lipinski definition) is 5. The number of hydrogen-bond donors (Lipinski definition) is 2. The van der Waals surface area contributed by atoms with Crippen LogP contribution in [0.15, 0.2) is 53.9 Å². The highest BCUT2D eigenvalue weighted by Crippen LogP contribution is 2.28. The molecule has 0 bridgehead atoms. The van der Waals surface area contributed by atoms with E-state index >= 15 is 0 Å². The van der Waals surface area contributed by atoms with Crippen LogP contribution in [-0.4, -0.2) is 35.0 Å². The highest BCUT2D eigenvalue weighted by atomic mass is 32.1. The highest BCUT2D eigenvalue weighted by Gasteiger charge is 2.28. The molecule has 0 saturated heterocycles. The maximum atomic E-state index is 13.2. The minimum absolute atomic E-state index is 0.102. The zero-order valence-electron chi connectivity index (χ0n) is 17.5. The summed E-state index contributed by atoms with van der Waals surface area (Å²) in [5.74, 6) is 0.306. The number of urea groups is 1. The molecule has 9 heteroatoms. The molecular formula is C23H23FN4O3S. The molecule has 0 saturated carbocycles. The molecule has 0 radical (unpaired) electrons. The molecule has 1 aliphatic heterocycles. The predicted molar refractivity (Wildman–Crippen MR) is 120 cm³/mol. The lowest BCUT2D eigenvalue weighted by Gasteiger charge is -2.28. The third kappa shape index (κ3) is 5.42. The van der Waals surface area contributed by atoms with Gasteiger partial charge in [-0.05, 0) is 42.2 Å². The third-order valence-electron chi connectivity index (χ3n) is 5.08. The van der Waals surface area contributed by atoms with Gasteiger partial charge in [-0.15, -0.1) is 11.3 Å². The molecule has 0 fully saturated rings. The number of carbonyl (C=O) groups excluding carboxylic acids is 2. The van der Waals surface area contributed by atoms with Crippen LogP contribution < -0.4 is 15.4 Å². The topological polar surface area (TPSA) is 83.6 Å². The molecule has 0 spiro atoms. The van der Waals surface area contributed by atoms with E-state index in [4.69, 9.17) is 4.74 Å². The number of nitrogens with one attached hydrogen (secondary N) is 2. The van der Waals surface area contributed by atoms with Gasteiger partial charge in [-0.2, -0.15) is 0 Å². The fourth-order valence-electron chi connectivity index (χ4n) is 3.47. The van der Waals surface area contributed by atoms with Gasteiger partial charge in [0.1, 0.15) is 11.6 Å². The van der Waals surface area contributed by atoms with Crippen LogP contribution in [0.1, 0.15) is 23.2 Å². The van der Waals surface area contributed by atoms with Crippen LogP contribution in [0.5, 0.6) is 5.75 Å². The summed E-state index contributed by atoms with van der Waals surface area (Å²) in [6.07, 6.45) is 0.922. The Hall–Kier alpha value is -3.46. The molecule has 0 aliphatic carbocycles. The monoisotopic (exact) mass is 454 g/mol. The Labute approximate surface area is 189 Å². The van der Waals surface area contributed by atoms with Gasteiger partial charge < -0.3 is 15.0 Å². The molecule has 32 heavy (non-hydrogen) atoms. The lowest BCUT2D eigenvalue weighted by Crippen LogP contribution is -2.41. The van der Waals surface area contributed by atoms with Crippen molar-refractivity contribution in [3.05, 3.63) is 76.5 Å². The second-order valence-electron chi connectivity index (χ2n) is 7.53. The standard InChI is InChI=1S/C23H23FN4O3S/c1-28(21(29)20-10-9-16-6-2-3-8-19(16)31-20)13-18-14-32-23(26-18)27-22(30)25-12-15-5-4-7-17(24)11-15/h2-8,11,14,20H,9-10,12-13H2,1H3,(H2,25,26,27,30). The molecule has 4 rings (SSSR count). The Balaban J connectivity index is 1.27. The molecule has 1 unspecified atom stereocenters. The number of carbonyl (C=O) groups is 2. The van der Waals surface area contributed by atoms with Gasteiger partial charge in [0.2, 0.25) is 0 Å². The Bertz CT molecular complexity index is 1120. The highest BCUT2D eigenvalue weighted by molar-refractivity contribution is 7.13. The van der Waals surface area contributed by atoms with Crippen molar-refractivity contribution in [1.29, 1.82) is 0 Å². The van der Waals surface area contributed by atoms with Crippen LogP contribution in [0.3, 0.4) is 0 Å². The van der Waals surface area contributed by atoms with E-state index in [1.54, 1.807) is 29.5 Å². The lowest BCUT2D eigenvalue weighted by atomic mass is 10.0. The summed E-state index contributed by atoms with van der Waals surface area (Å²) in [6, 6.07) is 13.3. The van der Waals surface area contributed by atoms with E-state index < -0.39 is 12.1 Å². The van der Waals surface area contributed by atoms with Crippen LogP contribution >= 0.6 is 11.3 Å². The van der Waals surface area contributed by atoms with Crippen LogP contribution in [0.2, 0.25) is 0 Å². The number of para-hydroxylation sites is 1. The molecular weight excluding hydrogens is 431 g/mol. The molecule has 2 N–H and O–H groups in total. The number of aromatic nitrogens is 1. The summed E-state index contributed by atoms with van der Waals surface area (Å²) in [5.41, 5.74) is 2.44. The van der Waals surface area contributed by atoms with Crippen molar-refractivity contribution in [3.63, 3.8) is 0 Å². The number of thiazole rings is 1. The Morgan fingerprint density at radius 2 is 2.09 bits per heavy atom. The summed E-state index contributed by atoms with van der Waals surface area (Å²) in [4.78, 5) is 30.9. The van der Waals surface area contributed by atoms with Crippen molar-refractivity contribution < 1.29 is 18.7 Å². The number of amides is 3. The van der Waals surface area contributed by atoms with E-state index in [0.717, 1.165) is 17.7 Å². The van der Waals surface area contributed by atoms with Gasteiger partial charge in [0, 0.05) is 19.0 Å². The van der Waals surface area contributed by atoms with Crippen molar-refractivity contribution in [3.8, 4) is 5.75 Å².